The van der Waals surface area contributed by atoms with Gasteiger partial charge in [0, 0.05) is 11.9 Å². The summed E-state index contributed by atoms with van der Waals surface area (Å²) in [5.41, 5.74) is 0.711. The Labute approximate surface area is 110 Å². The monoisotopic (exact) mass is 254 g/mol. The maximum atomic E-state index is 8.98. The second-order valence-electron chi connectivity index (χ2n) is 7.05. The minimum atomic E-state index is 0.356. The largest absolute Gasteiger partial charge is 0.396 e. The van der Waals surface area contributed by atoms with Gasteiger partial charge in [-0.3, -0.25) is 0 Å². The van der Waals surface area contributed by atoms with Crippen LogP contribution in [0.3, 0.4) is 0 Å². The van der Waals surface area contributed by atoms with E-state index in [-0.39, 0.29) is 0 Å². The highest BCUT2D eigenvalue weighted by molar-refractivity contribution is 7.99. The number of aliphatic hydroxyl groups is 1. The number of rotatable bonds is 5. The lowest BCUT2D eigenvalue weighted by molar-refractivity contribution is -0.0382. The van der Waals surface area contributed by atoms with Gasteiger partial charge in [-0.05, 0) is 73.9 Å². The van der Waals surface area contributed by atoms with Crippen LogP contribution in [-0.4, -0.2) is 22.7 Å². The lowest BCUT2D eigenvalue weighted by atomic mass is 9.50. The summed E-state index contributed by atoms with van der Waals surface area (Å²) in [6, 6.07) is 0. The van der Waals surface area contributed by atoms with Crippen molar-refractivity contribution in [2.45, 2.75) is 57.1 Å². The van der Waals surface area contributed by atoms with Crippen molar-refractivity contribution in [3.05, 3.63) is 0 Å². The summed E-state index contributed by atoms with van der Waals surface area (Å²) in [5, 5.41) is 9.63. The van der Waals surface area contributed by atoms with Crippen molar-refractivity contribution in [3.63, 3.8) is 0 Å². The van der Waals surface area contributed by atoms with Gasteiger partial charge < -0.3 is 5.11 Å². The molecule has 0 aliphatic heterocycles. The van der Waals surface area contributed by atoms with E-state index in [0.29, 0.717) is 17.3 Å². The van der Waals surface area contributed by atoms with Crippen molar-refractivity contribution >= 4 is 11.8 Å². The van der Waals surface area contributed by atoms with E-state index in [2.05, 4.69) is 18.7 Å². The third-order valence-corrected chi connectivity index (χ3v) is 6.96. The summed E-state index contributed by atoms with van der Waals surface area (Å²) in [4.78, 5) is 0. The number of hydrogen-bond donors (Lipinski definition) is 1. The molecule has 4 bridgehead atoms. The zero-order valence-electron chi connectivity index (χ0n) is 11.0. The smallest absolute Gasteiger partial charge is 0.0441 e. The first-order valence-electron chi connectivity index (χ1n) is 7.41. The molecule has 1 atom stereocenters. The van der Waals surface area contributed by atoms with E-state index in [1.54, 1.807) is 19.3 Å². The third kappa shape index (κ3) is 2.53. The Balaban J connectivity index is 1.58. The summed E-state index contributed by atoms with van der Waals surface area (Å²) in [7, 11) is 0. The predicted octanol–water partition coefficient (Wildman–Crippen LogP) is 3.71. The first-order valence-corrected chi connectivity index (χ1v) is 8.46. The second-order valence-corrected chi connectivity index (χ2v) is 8.48. The molecule has 0 aromatic carbocycles. The van der Waals surface area contributed by atoms with Crippen LogP contribution in [-0.2, 0) is 0 Å². The third-order valence-electron chi connectivity index (χ3n) is 5.37. The molecule has 4 aliphatic carbocycles. The first kappa shape index (κ1) is 12.3. The number of hydrogen-bond acceptors (Lipinski definition) is 2. The van der Waals surface area contributed by atoms with Crippen LogP contribution in [0.25, 0.3) is 0 Å². The summed E-state index contributed by atoms with van der Waals surface area (Å²) in [5.74, 6) is 4.61. The van der Waals surface area contributed by atoms with E-state index in [1.165, 1.54) is 25.0 Å². The van der Waals surface area contributed by atoms with Gasteiger partial charge in [-0.15, -0.1) is 0 Å². The van der Waals surface area contributed by atoms with Gasteiger partial charge in [-0.1, -0.05) is 6.92 Å². The average Bonchev–Trinajstić information content (AvgIpc) is 2.25. The van der Waals surface area contributed by atoms with Crippen molar-refractivity contribution in [2.75, 3.05) is 12.4 Å². The molecule has 4 fully saturated rings. The van der Waals surface area contributed by atoms with E-state index >= 15 is 0 Å². The van der Waals surface area contributed by atoms with E-state index < -0.39 is 0 Å². The molecular formula is C15H26OS. The minimum Gasteiger partial charge on any atom is -0.396 e. The Morgan fingerprint density at radius 3 is 2.12 bits per heavy atom. The molecule has 0 aromatic heterocycles. The molecule has 4 saturated carbocycles. The Morgan fingerprint density at radius 1 is 1.12 bits per heavy atom. The molecule has 1 unspecified atom stereocenters. The van der Waals surface area contributed by atoms with Crippen molar-refractivity contribution < 1.29 is 5.11 Å². The van der Waals surface area contributed by atoms with Gasteiger partial charge in [-0.2, -0.15) is 11.8 Å². The predicted molar refractivity (Wildman–Crippen MR) is 74.2 cm³/mol. The summed E-state index contributed by atoms with van der Waals surface area (Å²) in [6.45, 7) is 2.64. The zero-order chi connectivity index (χ0) is 11.9. The van der Waals surface area contributed by atoms with Gasteiger partial charge in [-0.25, -0.2) is 0 Å². The fourth-order valence-electron chi connectivity index (χ4n) is 5.05. The molecule has 4 rings (SSSR count). The quantitative estimate of drug-likeness (QED) is 0.807. The molecule has 1 nitrogen and oxygen atoms in total. The second kappa shape index (κ2) is 4.77. The van der Waals surface area contributed by atoms with Gasteiger partial charge in [0.25, 0.3) is 0 Å². The SMILES string of the molecule is CC(CCO)SCC12CC3CC(CC(C3)C1)C2. The van der Waals surface area contributed by atoms with Gasteiger partial charge in [0.15, 0.2) is 0 Å². The topological polar surface area (TPSA) is 20.2 Å². The Hall–Kier alpha value is 0.310. The van der Waals surface area contributed by atoms with E-state index in [0.717, 1.165) is 24.2 Å². The molecule has 4 aliphatic rings. The van der Waals surface area contributed by atoms with Gasteiger partial charge >= 0.3 is 0 Å². The summed E-state index contributed by atoms with van der Waals surface area (Å²) >= 11 is 2.13. The van der Waals surface area contributed by atoms with Crippen LogP contribution in [0.4, 0.5) is 0 Å². The van der Waals surface area contributed by atoms with Crippen molar-refractivity contribution in [1.82, 2.24) is 0 Å². The normalized spacial score (nSPS) is 45.2. The Bertz CT molecular complexity index is 241. The summed E-state index contributed by atoms with van der Waals surface area (Å²) < 4.78 is 0. The highest BCUT2D eigenvalue weighted by Crippen LogP contribution is 2.61. The molecular weight excluding hydrogens is 228 g/mol. The van der Waals surface area contributed by atoms with Gasteiger partial charge in [0.2, 0.25) is 0 Å². The molecule has 0 radical (unpaired) electrons. The molecule has 0 heterocycles. The van der Waals surface area contributed by atoms with Crippen LogP contribution >= 0.6 is 11.8 Å². The fraction of sp³-hybridized carbons (Fsp3) is 1.00. The van der Waals surface area contributed by atoms with Crippen molar-refractivity contribution in [3.8, 4) is 0 Å². The zero-order valence-corrected chi connectivity index (χ0v) is 11.8. The van der Waals surface area contributed by atoms with E-state index in [4.69, 9.17) is 5.11 Å². The molecule has 0 saturated heterocycles. The van der Waals surface area contributed by atoms with E-state index in [1.807, 2.05) is 0 Å². The maximum absolute atomic E-state index is 8.98. The van der Waals surface area contributed by atoms with Gasteiger partial charge in [0.05, 0.1) is 0 Å². The van der Waals surface area contributed by atoms with Crippen molar-refractivity contribution in [2.24, 2.45) is 23.2 Å². The van der Waals surface area contributed by atoms with Crippen LogP contribution in [0.2, 0.25) is 0 Å². The van der Waals surface area contributed by atoms with Crippen LogP contribution in [0.5, 0.6) is 0 Å². The van der Waals surface area contributed by atoms with Gasteiger partial charge in [0.1, 0.15) is 0 Å². The van der Waals surface area contributed by atoms with Crippen LogP contribution in [0, 0.1) is 23.2 Å². The number of aliphatic hydroxyl groups excluding tert-OH is 1. The first-order chi connectivity index (χ1) is 8.19. The highest BCUT2D eigenvalue weighted by atomic mass is 32.2. The fourth-order valence-corrected chi connectivity index (χ4v) is 6.31. The highest BCUT2D eigenvalue weighted by Gasteiger charge is 2.50. The van der Waals surface area contributed by atoms with Crippen LogP contribution in [0.15, 0.2) is 0 Å². The average molecular weight is 254 g/mol. The van der Waals surface area contributed by atoms with Crippen LogP contribution < -0.4 is 0 Å². The molecule has 0 amide bonds. The molecule has 17 heavy (non-hydrogen) atoms. The minimum absolute atomic E-state index is 0.356. The lowest BCUT2D eigenvalue weighted by Gasteiger charge is -2.57. The molecule has 98 valence electrons. The summed E-state index contributed by atoms with van der Waals surface area (Å²) in [6.07, 6.45) is 10.2. The molecule has 2 heteroatoms. The number of thioether (sulfide) groups is 1. The van der Waals surface area contributed by atoms with Crippen molar-refractivity contribution in [1.29, 1.82) is 0 Å². The molecule has 0 aromatic rings. The molecule has 0 spiro atoms. The Kier molecular flexibility index (Phi) is 3.47. The standard InChI is InChI=1S/C15H26OS/c1-11(2-3-16)17-10-15-7-12-4-13(8-15)6-14(5-12)9-15/h11-14,16H,2-10H2,1H3. The Morgan fingerprint density at radius 2 is 1.65 bits per heavy atom. The molecule has 1 N–H and O–H groups in total. The van der Waals surface area contributed by atoms with Crippen LogP contribution in [0.1, 0.15) is 51.9 Å². The maximum Gasteiger partial charge on any atom is 0.0441 e. The van der Waals surface area contributed by atoms with E-state index in [9.17, 15) is 0 Å². The lowest BCUT2D eigenvalue weighted by Crippen LogP contribution is -2.47.